The number of nitrogens with one attached hydrogen (secondary N) is 1. The molecule has 0 aromatic heterocycles. The Balaban J connectivity index is 1.45. The molecule has 1 N–H and O–H groups in total. The van der Waals surface area contributed by atoms with E-state index >= 15 is 0 Å². The summed E-state index contributed by atoms with van der Waals surface area (Å²) in [6.07, 6.45) is 5.37. The number of hydrogen-bond donors (Lipinski definition) is 1. The predicted molar refractivity (Wildman–Crippen MR) is 122 cm³/mol. The Morgan fingerprint density at radius 3 is 2.55 bits per heavy atom. The maximum Gasteiger partial charge on any atom is 0.319 e. The monoisotopic (exact) mass is 430 g/mol. The molecule has 3 rings (SSSR count). The van der Waals surface area contributed by atoms with Crippen LogP contribution in [0.15, 0.2) is 30.3 Å². The van der Waals surface area contributed by atoms with Crippen LogP contribution in [0.3, 0.4) is 0 Å². The number of hydrogen-bond acceptors (Lipinski definition) is 4. The Morgan fingerprint density at radius 2 is 1.84 bits per heavy atom. The summed E-state index contributed by atoms with van der Waals surface area (Å²) < 4.78 is 5.56. The second-order valence-corrected chi connectivity index (χ2v) is 8.84. The number of carbonyl (C=O) groups excluding carboxylic acids is 2. The van der Waals surface area contributed by atoms with Gasteiger partial charge in [-0.05, 0) is 37.7 Å². The highest BCUT2D eigenvalue weighted by Crippen LogP contribution is 2.23. The van der Waals surface area contributed by atoms with E-state index in [1.807, 2.05) is 23.1 Å². The number of aryl methyl sites for hydroxylation is 1. The highest BCUT2D eigenvalue weighted by atomic mass is 16.5. The molecule has 0 radical (unpaired) electrons. The van der Waals surface area contributed by atoms with Gasteiger partial charge in [0.2, 0.25) is 5.91 Å². The second kappa shape index (κ2) is 12.1. The summed E-state index contributed by atoms with van der Waals surface area (Å²) in [6, 6.07) is 11.2. The predicted octanol–water partition coefficient (Wildman–Crippen LogP) is 2.36. The van der Waals surface area contributed by atoms with Crippen LogP contribution in [0, 0.1) is 0 Å². The Labute approximate surface area is 186 Å². The van der Waals surface area contributed by atoms with Crippen LogP contribution in [0.25, 0.3) is 0 Å². The molecular formula is C24H38N4O3. The molecule has 3 amide bonds. The van der Waals surface area contributed by atoms with E-state index in [4.69, 9.17) is 4.74 Å². The quantitative estimate of drug-likeness (QED) is 0.653. The van der Waals surface area contributed by atoms with Crippen molar-refractivity contribution in [3.05, 3.63) is 35.9 Å². The Morgan fingerprint density at radius 1 is 1.10 bits per heavy atom. The molecule has 0 aliphatic carbocycles. The molecule has 1 unspecified atom stereocenters. The van der Waals surface area contributed by atoms with Gasteiger partial charge in [-0.15, -0.1) is 0 Å². The molecule has 0 spiro atoms. The van der Waals surface area contributed by atoms with Crippen LogP contribution in [-0.4, -0.2) is 92.2 Å². The number of urea groups is 1. The van der Waals surface area contributed by atoms with Gasteiger partial charge in [-0.3, -0.25) is 9.69 Å². The first kappa shape index (κ1) is 23.5. The summed E-state index contributed by atoms with van der Waals surface area (Å²) in [5.41, 5.74) is 1.28. The minimum Gasteiger partial charge on any atom is -0.381 e. The molecule has 1 atom stereocenters. The molecule has 2 fully saturated rings. The third-order valence-corrected chi connectivity index (χ3v) is 6.35. The average Bonchev–Trinajstić information content (AvgIpc) is 3.27. The number of benzene rings is 1. The van der Waals surface area contributed by atoms with Crippen LogP contribution in [0.4, 0.5) is 4.79 Å². The van der Waals surface area contributed by atoms with Crippen molar-refractivity contribution in [2.75, 3.05) is 53.5 Å². The number of amides is 3. The average molecular weight is 431 g/mol. The lowest BCUT2D eigenvalue weighted by molar-refractivity contribution is -0.121. The van der Waals surface area contributed by atoms with Crippen molar-refractivity contribution in [1.82, 2.24) is 20.0 Å². The van der Waals surface area contributed by atoms with Gasteiger partial charge in [0.25, 0.3) is 0 Å². The van der Waals surface area contributed by atoms with Gasteiger partial charge in [-0.1, -0.05) is 30.3 Å². The number of ether oxygens (including phenoxy) is 1. The van der Waals surface area contributed by atoms with E-state index in [1.165, 1.54) is 5.56 Å². The lowest BCUT2D eigenvalue weighted by Crippen LogP contribution is -2.50. The van der Waals surface area contributed by atoms with E-state index in [2.05, 4.69) is 22.3 Å². The van der Waals surface area contributed by atoms with E-state index in [1.54, 1.807) is 19.0 Å². The number of carbonyl (C=O) groups is 2. The largest absolute Gasteiger partial charge is 0.381 e. The fourth-order valence-electron chi connectivity index (χ4n) is 4.66. The third-order valence-electron chi connectivity index (χ3n) is 6.35. The van der Waals surface area contributed by atoms with Crippen LogP contribution in [0.5, 0.6) is 0 Å². The van der Waals surface area contributed by atoms with Crippen LogP contribution in [0.1, 0.15) is 37.7 Å². The minimum atomic E-state index is 0.0844. The number of likely N-dealkylation sites (tertiary alicyclic amines) is 1. The van der Waals surface area contributed by atoms with Crippen molar-refractivity contribution < 1.29 is 14.3 Å². The van der Waals surface area contributed by atoms with Gasteiger partial charge in [0.1, 0.15) is 0 Å². The van der Waals surface area contributed by atoms with Gasteiger partial charge in [-0.25, -0.2) is 4.79 Å². The minimum absolute atomic E-state index is 0.0844. The fourth-order valence-corrected chi connectivity index (χ4v) is 4.66. The summed E-state index contributed by atoms with van der Waals surface area (Å²) in [7, 11) is 3.61. The summed E-state index contributed by atoms with van der Waals surface area (Å²) in [6.45, 7) is 4.62. The van der Waals surface area contributed by atoms with E-state index < -0.39 is 0 Å². The number of rotatable bonds is 9. The molecule has 1 aromatic carbocycles. The van der Waals surface area contributed by atoms with Crippen molar-refractivity contribution in [3.63, 3.8) is 0 Å². The van der Waals surface area contributed by atoms with Gasteiger partial charge in [0.15, 0.2) is 0 Å². The first-order valence-corrected chi connectivity index (χ1v) is 11.6. The molecule has 7 nitrogen and oxygen atoms in total. The topological polar surface area (TPSA) is 65.1 Å². The van der Waals surface area contributed by atoms with Crippen molar-refractivity contribution in [1.29, 1.82) is 0 Å². The summed E-state index contributed by atoms with van der Waals surface area (Å²) >= 11 is 0. The van der Waals surface area contributed by atoms with E-state index in [0.717, 1.165) is 65.0 Å². The Kier molecular flexibility index (Phi) is 9.15. The highest BCUT2D eigenvalue weighted by molar-refractivity contribution is 5.75. The molecule has 0 saturated carbocycles. The SMILES string of the molecule is CN(C)C(=O)N1CCC(N(CCNC(=O)CCCc2ccccc2)C2CCOCC2)C1. The van der Waals surface area contributed by atoms with Gasteiger partial charge in [0, 0.05) is 72.0 Å². The summed E-state index contributed by atoms with van der Waals surface area (Å²) in [4.78, 5) is 30.8. The molecular weight excluding hydrogens is 392 g/mol. The summed E-state index contributed by atoms with van der Waals surface area (Å²) in [5, 5.41) is 3.11. The van der Waals surface area contributed by atoms with Crippen molar-refractivity contribution in [3.8, 4) is 0 Å². The smallest absolute Gasteiger partial charge is 0.319 e. The molecule has 31 heavy (non-hydrogen) atoms. The standard InChI is InChI=1S/C24H38N4O3/c1-26(2)24(30)27-15-11-22(19-27)28(21-12-17-31-18-13-21)16-14-25-23(29)10-6-9-20-7-4-3-5-8-20/h3-5,7-8,21-22H,6,9-19H2,1-2H3,(H,25,29). The molecule has 7 heteroatoms. The maximum atomic E-state index is 12.4. The zero-order valence-corrected chi connectivity index (χ0v) is 19.1. The highest BCUT2D eigenvalue weighted by Gasteiger charge is 2.34. The van der Waals surface area contributed by atoms with Gasteiger partial charge >= 0.3 is 6.03 Å². The molecule has 2 heterocycles. The molecule has 0 bridgehead atoms. The third kappa shape index (κ3) is 7.21. The molecule has 172 valence electrons. The van der Waals surface area contributed by atoms with Gasteiger partial charge < -0.3 is 19.9 Å². The Hall–Kier alpha value is -2.12. The van der Waals surface area contributed by atoms with Gasteiger partial charge in [0.05, 0.1) is 0 Å². The van der Waals surface area contributed by atoms with Gasteiger partial charge in [-0.2, -0.15) is 0 Å². The molecule has 1 aromatic rings. The summed E-state index contributed by atoms with van der Waals surface area (Å²) in [5.74, 6) is 0.124. The zero-order chi connectivity index (χ0) is 22.1. The van der Waals surface area contributed by atoms with Crippen molar-refractivity contribution >= 4 is 11.9 Å². The van der Waals surface area contributed by atoms with E-state index in [0.29, 0.717) is 25.0 Å². The normalized spacial score (nSPS) is 19.6. The Bertz CT molecular complexity index is 691. The molecule has 2 aliphatic heterocycles. The molecule has 2 saturated heterocycles. The maximum absolute atomic E-state index is 12.4. The first-order chi connectivity index (χ1) is 15.0. The number of nitrogens with zero attached hydrogens (tertiary/aromatic N) is 3. The van der Waals surface area contributed by atoms with Crippen LogP contribution in [-0.2, 0) is 16.0 Å². The molecule has 2 aliphatic rings. The lowest BCUT2D eigenvalue weighted by Gasteiger charge is -2.38. The van der Waals surface area contributed by atoms with E-state index in [-0.39, 0.29) is 11.9 Å². The van der Waals surface area contributed by atoms with Crippen LogP contribution < -0.4 is 5.32 Å². The fraction of sp³-hybridized carbons (Fsp3) is 0.667. The van der Waals surface area contributed by atoms with Crippen LogP contribution >= 0.6 is 0 Å². The van der Waals surface area contributed by atoms with Crippen LogP contribution in [0.2, 0.25) is 0 Å². The first-order valence-electron chi connectivity index (χ1n) is 11.6. The van der Waals surface area contributed by atoms with Crippen molar-refractivity contribution in [2.24, 2.45) is 0 Å². The van der Waals surface area contributed by atoms with Crippen molar-refractivity contribution in [2.45, 2.75) is 50.6 Å². The zero-order valence-electron chi connectivity index (χ0n) is 19.1. The second-order valence-electron chi connectivity index (χ2n) is 8.84. The lowest BCUT2D eigenvalue weighted by atomic mass is 10.0. The van der Waals surface area contributed by atoms with E-state index in [9.17, 15) is 9.59 Å².